The molecule has 10 heteroatoms. The maximum absolute atomic E-state index is 13.7. The van der Waals surface area contributed by atoms with Gasteiger partial charge in [0, 0.05) is 24.1 Å². The number of nitrogens with zero attached hydrogens (tertiary/aromatic N) is 1. The van der Waals surface area contributed by atoms with E-state index in [1.807, 2.05) is 12.1 Å². The SMILES string of the molecule is C[C@H](NS(=O)(=O)c1ccccc1F)C(=O)NNC(=O)c1cn(C)c2ccccc12. The first-order valence-corrected chi connectivity index (χ1v) is 10.1. The molecular weight excluding hydrogens is 399 g/mol. The monoisotopic (exact) mass is 418 g/mol. The standard InChI is InChI=1S/C19H19FN4O4S/c1-12(23-29(27,28)17-10-6-4-8-15(17)20)18(25)21-22-19(26)14-11-24(2)16-9-5-3-7-13(14)16/h3-12,23H,1-2H3,(H,21,25)(H,22,26)/t12-/m0/s1. The highest BCUT2D eigenvalue weighted by molar-refractivity contribution is 7.89. The van der Waals surface area contributed by atoms with Gasteiger partial charge in [-0.05, 0) is 25.1 Å². The van der Waals surface area contributed by atoms with Crippen molar-refractivity contribution in [3.63, 3.8) is 0 Å². The number of nitrogens with one attached hydrogen (secondary N) is 3. The lowest BCUT2D eigenvalue weighted by atomic mass is 10.2. The van der Waals surface area contributed by atoms with Crippen LogP contribution < -0.4 is 15.6 Å². The van der Waals surface area contributed by atoms with Crippen LogP contribution in [0.1, 0.15) is 17.3 Å². The lowest BCUT2D eigenvalue weighted by Gasteiger charge is -2.15. The Balaban J connectivity index is 1.65. The van der Waals surface area contributed by atoms with Gasteiger partial charge in [-0.3, -0.25) is 20.4 Å². The number of para-hydroxylation sites is 1. The summed E-state index contributed by atoms with van der Waals surface area (Å²) in [4.78, 5) is 24.0. The van der Waals surface area contributed by atoms with Crippen molar-refractivity contribution in [2.75, 3.05) is 0 Å². The topological polar surface area (TPSA) is 109 Å². The second-order valence-electron chi connectivity index (χ2n) is 6.39. The Morgan fingerprint density at radius 2 is 1.69 bits per heavy atom. The minimum Gasteiger partial charge on any atom is -0.350 e. The number of benzene rings is 2. The maximum Gasteiger partial charge on any atom is 0.271 e. The van der Waals surface area contributed by atoms with E-state index in [-0.39, 0.29) is 0 Å². The van der Waals surface area contributed by atoms with Gasteiger partial charge in [0.15, 0.2) is 0 Å². The number of aromatic nitrogens is 1. The number of hydrogen-bond acceptors (Lipinski definition) is 4. The molecule has 1 heterocycles. The highest BCUT2D eigenvalue weighted by Gasteiger charge is 2.25. The first-order valence-electron chi connectivity index (χ1n) is 8.62. The molecule has 0 spiro atoms. The zero-order chi connectivity index (χ0) is 21.2. The van der Waals surface area contributed by atoms with Crippen LogP contribution >= 0.6 is 0 Å². The molecule has 8 nitrogen and oxygen atoms in total. The Morgan fingerprint density at radius 1 is 1.03 bits per heavy atom. The third-order valence-electron chi connectivity index (χ3n) is 4.29. The van der Waals surface area contributed by atoms with Crippen LogP contribution in [0.15, 0.2) is 59.6 Å². The van der Waals surface area contributed by atoms with Crippen LogP contribution in [-0.2, 0) is 21.9 Å². The number of sulfonamides is 1. The van der Waals surface area contributed by atoms with Crippen molar-refractivity contribution in [1.29, 1.82) is 0 Å². The van der Waals surface area contributed by atoms with Gasteiger partial charge in [0.2, 0.25) is 10.0 Å². The average Bonchev–Trinajstić information content (AvgIpc) is 3.03. The summed E-state index contributed by atoms with van der Waals surface area (Å²) in [5.41, 5.74) is 5.63. The second-order valence-corrected chi connectivity index (χ2v) is 8.07. The molecule has 152 valence electrons. The number of hydrogen-bond donors (Lipinski definition) is 3. The quantitative estimate of drug-likeness (QED) is 0.545. The van der Waals surface area contributed by atoms with Crippen LogP contribution in [0.3, 0.4) is 0 Å². The Morgan fingerprint density at radius 3 is 2.41 bits per heavy atom. The lowest BCUT2D eigenvalue weighted by Crippen LogP contribution is -2.51. The highest BCUT2D eigenvalue weighted by Crippen LogP contribution is 2.20. The van der Waals surface area contributed by atoms with Crippen LogP contribution in [0.4, 0.5) is 4.39 Å². The first kappa shape index (κ1) is 20.5. The van der Waals surface area contributed by atoms with Crippen LogP contribution in [0.25, 0.3) is 10.9 Å². The molecule has 0 unspecified atom stereocenters. The van der Waals surface area contributed by atoms with Gasteiger partial charge in [0.1, 0.15) is 10.7 Å². The van der Waals surface area contributed by atoms with Crippen molar-refractivity contribution in [2.45, 2.75) is 17.9 Å². The summed E-state index contributed by atoms with van der Waals surface area (Å²) in [7, 11) is -2.46. The number of fused-ring (bicyclic) bond motifs is 1. The van der Waals surface area contributed by atoms with Crippen LogP contribution in [-0.4, -0.2) is 30.8 Å². The molecule has 2 aromatic carbocycles. The molecule has 0 saturated carbocycles. The number of carbonyl (C=O) groups is 2. The third kappa shape index (κ3) is 4.28. The molecule has 3 rings (SSSR count). The van der Waals surface area contributed by atoms with E-state index in [1.54, 1.807) is 29.9 Å². The van der Waals surface area contributed by atoms with E-state index in [2.05, 4.69) is 15.6 Å². The number of halogens is 1. The minimum absolute atomic E-state index is 0.350. The van der Waals surface area contributed by atoms with Crippen molar-refractivity contribution in [3.8, 4) is 0 Å². The fourth-order valence-electron chi connectivity index (χ4n) is 2.83. The van der Waals surface area contributed by atoms with Gasteiger partial charge in [0.25, 0.3) is 11.8 Å². The molecule has 3 N–H and O–H groups in total. The maximum atomic E-state index is 13.7. The van der Waals surface area contributed by atoms with E-state index < -0.39 is 38.6 Å². The van der Waals surface area contributed by atoms with Gasteiger partial charge >= 0.3 is 0 Å². The normalized spacial score (nSPS) is 12.5. The van der Waals surface area contributed by atoms with Crippen LogP contribution in [0, 0.1) is 5.82 Å². The number of hydrazine groups is 1. The van der Waals surface area contributed by atoms with E-state index in [0.717, 1.165) is 17.6 Å². The summed E-state index contributed by atoms with van der Waals surface area (Å²) < 4.78 is 42.1. The zero-order valence-electron chi connectivity index (χ0n) is 15.6. The van der Waals surface area contributed by atoms with Gasteiger partial charge in [-0.25, -0.2) is 12.8 Å². The summed E-state index contributed by atoms with van der Waals surface area (Å²) >= 11 is 0. The average molecular weight is 418 g/mol. The summed E-state index contributed by atoms with van der Waals surface area (Å²) in [6.45, 7) is 1.28. The Kier molecular flexibility index (Phi) is 5.66. The van der Waals surface area contributed by atoms with E-state index in [4.69, 9.17) is 0 Å². The fourth-order valence-corrected chi connectivity index (χ4v) is 4.11. The number of carbonyl (C=O) groups excluding carboxylic acids is 2. The third-order valence-corrected chi connectivity index (χ3v) is 5.87. The predicted molar refractivity (Wildman–Crippen MR) is 105 cm³/mol. The van der Waals surface area contributed by atoms with Gasteiger partial charge in [-0.2, -0.15) is 4.72 Å². The molecule has 1 atom stereocenters. The molecule has 0 aliphatic heterocycles. The summed E-state index contributed by atoms with van der Waals surface area (Å²) in [5.74, 6) is -2.30. The number of amides is 2. The van der Waals surface area contributed by atoms with E-state index in [1.165, 1.54) is 19.1 Å². The molecule has 0 bridgehead atoms. The smallest absolute Gasteiger partial charge is 0.271 e. The van der Waals surface area contributed by atoms with E-state index in [9.17, 15) is 22.4 Å². The molecule has 0 radical (unpaired) electrons. The van der Waals surface area contributed by atoms with Gasteiger partial charge in [0.05, 0.1) is 11.6 Å². The summed E-state index contributed by atoms with van der Waals surface area (Å²) in [5, 5.41) is 0.704. The molecule has 0 saturated heterocycles. The van der Waals surface area contributed by atoms with Crippen molar-refractivity contribution < 1.29 is 22.4 Å². The summed E-state index contributed by atoms with van der Waals surface area (Å²) in [6.07, 6.45) is 1.62. The minimum atomic E-state index is -4.25. The molecule has 0 aliphatic carbocycles. The highest BCUT2D eigenvalue weighted by atomic mass is 32.2. The molecule has 2 amide bonds. The van der Waals surface area contributed by atoms with Gasteiger partial charge in [-0.1, -0.05) is 30.3 Å². The molecule has 1 aromatic heterocycles. The predicted octanol–water partition coefficient (Wildman–Crippen LogP) is 1.45. The molecule has 29 heavy (non-hydrogen) atoms. The van der Waals surface area contributed by atoms with Crippen molar-refractivity contribution in [1.82, 2.24) is 20.1 Å². The molecule has 0 fully saturated rings. The fraction of sp³-hybridized carbons (Fsp3) is 0.158. The van der Waals surface area contributed by atoms with Crippen LogP contribution in [0.5, 0.6) is 0 Å². The van der Waals surface area contributed by atoms with Crippen molar-refractivity contribution >= 4 is 32.7 Å². The first-order chi connectivity index (χ1) is 13.7. The lowest BCUT2D eigenvalue weighted by molar-refractivity contribution is -0.123. The Labute approximate surface area is 166 Å². The van der Waals surface area contributed by atoms with Crippen molar-refractivity contribution in [2.24, 2.45) is 7.05 Å². The Hall–Kier alpha value is -3.24. The number of aryl methyl sites for hydroxylation is 1. The Bertz CT molecular complexity index is 1190. The van der Waals surface area contributed by atoms with Gasteiger partial charge < -0.3 is 4.57 Å². The van der Waals surface area contributed by atoms with Gasteiger partial charge in [-0.15, -0.1) is 0 Å². The molecular formula is C19H19FN4O4S. The van der Waals surface area contributed by atoms with E-state index in [0.29, 0.717) is 10.9 Å². The summed E-state index contributed by atoms with van der Waals surface area (Å²) in [6, 6.07) is 10.8. The van der Waals surface area contributed by atoms with Crippen LogP contribution in [0.2, 0.25) is 0 Å². The zero-order valence-corrected chi connectivity index (χ0v) is 16.5. The second kappa shape index (κ2) is 8.02. The molecule has 3 aromatic rings. The largest absolute Gasteiger partial charge is 0.350 e. The molecule has 0 aliphatic rings. The number of rotatable bonds is 5. The van der Waals surface area contributed by atoms with E-state index >= 15 is 0 Å². The van der Waals surface area contributed by atoms with Crippen molar-refractivity contribution in [3.05, 3.63) is 66.1 Å².